The first-order valence-electron chi connectivity index (χ1n) is 9.89. The molecular formula is C20H24N2O8S2. The maximum absolute atomic E-state index is 13.2. The van der Waals surface area contributed by atoms with E-state index in [-0.39, 0.29) is 41.7 Å². The highest BCUT2D eigenvalue weighted by atomic mass is 32.2. The van der Waals surface area contributed by atoms with Crippen LogP contribution in [0.15, 0.2) is 46.2 Å². The molecule has 0 radical (unpaired) electrons. The van der Waals surface area contributed by atoms with Crippen LogP contribution < -0.4 is 18.9 Å². The van der Waals surface area contributed by atoms with Crippen LogP contribution in [0.25, 0.3) is 0 Å². The molecule has 0 N–H and O–H groups in total. The van der Waals surface area contributed by atoms with Gasteiger partial charge in [-0.3, -0.25) is 0 Å². The summed E-state index contributed by atoms with van der Waals surface area (Å²) < 4.78 is 76.4. The Bertz CT molecular complexity index is 1210. The van der Waals surface area contributed by atoms with E-state index >= 15 is 0 Å². The number of methoxy groups -OCH3 is 2. The van der Waals surface area contributed by atoms with Crippen molar-refractivity contribution in [3.63, 3.8) is 0 Å². The zero-order chi connectivity index (χ0) is 22.9. The van der Waals surface area contributed by atoms with Crippen LogP contribution in [0.4, 0.5) is 0 Å². The highest BCUT2D eigenvalue weighted by Gasteiger charge is 2.35. The van der Waals surface area contributed by atoms with Gasteiger partial charge in [-0.25, -0.2) is 16.8 Å². The fraction of sp³-hybridized carbons (Fsp3) is 0.400. The van der Waals surface area contributed by atoms with Crippen LogP contribution in [0, 0.1) is 0 Å². The summed E-state index contributed by atoms with van der Waals surface area (Å²) in [5.74, 6) is 1.45. The summed E-state index contributed by atoms with van der Waals surface area (Å²) in [6.07, 6.45) is 0. The largest absolute Gasteiger partial charge is 0.497 e. The van der Waals surface area contributed by atoms with E-state index in [1.165, 1.54) is 47.1 Å². The van der Waals surface area contributed by atoms with Gasteiger partial charge in [-0.1, -0.05) is 0 Å². The molecule has 2 aromatic carbocycles. The molecule has 174 valence electrons. The van der Waals surface area contributed by atoms with E-state index in [0.717, 1.165) is 0 Å². The number of rotatable bonds is 6. The molecule has 10 nitrogen and oxygen atoms in total. The molecule has 0 saturated carbocycles. The van der Waals surface area contributed by atoms with Crippen LogP contribution in [0.5, 0.6) is 23.0 Å². The molecule has 0 spiro atoms. The predicted molar refractivity (Wildman–Crippen MR) is 114 cm³/mol. The Labute approximate surface area is 187 Å². The minimum atomic E-state index is -3.91. The molecule has 0 unspecified atom stereocenters. The average molecular weight is 485 g/mol. The molecule has 0 aromatic heterocycles. The number of sulfonamides is 2. The molecule has 0 bridgehead atoms. The van der Waals surface area contributed by atoms with Crippen LogP contribution in [0.1, 0.15) is 0 Å². The van der Waals surface area contributed by atoms with Crippen molar-refractivity contribution in [1.29, 1.82) is 0 Å². The maximum atomic E-state index is 13.2. The van der Waals surface area contributed by atoms with Crippen LogP contribution in [-0.4, -0.2) is 79.1 Å². The molecule has 4 rings (SSSR count). The van der Waals surface area contributed by atoms with Crippen LogP contribution >= 0.6 is 0 Å². The van der Waals surface area contributed by atoms with Crippen molar-refractivity contribution >= 4 is 20.0 Å². The van der Waals surface area contributed by atoms with E-state index in [4.69, 9.17) is 18.9 Å². The number of ether oxygens (including phenoxy) is 4. The minimum absolute atomic E-state index is 0.00643. The fourth-order valence-electron chi connectivity index (χ4n) is 3.61. The Balaban J connectivity index is 1.53. The van der Waals surface area contributed by atoms with Crippen molar-refractivity contribution in [2.45, 2.75) is 9.79 Å². The molecule has 0 amide bonds. The predicted octanol–water partition coefficient (Wildman–Crippen LogP) is 1.17. The number of hydrogen-bond donors (Lipinski definition) is 0. The van der Waals surface area contributed by atoms with Crippen molar-refractivity contribution in [2.75, 3.05) is 53.6 Å². The van der Waals surface area contributed by atoms with Gasteiger partial charge in [0.25, 0.3) is 0 Å². The molecule has 2 aliphatic heterocycles. The first-order chi connectivity index (χ1) is 15.3. The lowest BCUT2D eigenvalue weighted by atomic mass is 10.3. The van der Waals surface area contributed by atoms with E-state index in [9.17, 15) is 16.8 Å². The van der Waals surface area contributed by atoms with Gasteiger partial charge in [-0.05, 0) is 24.3 Å². The van der Waals surface area contributed by atoms with E-state index in [2.05, 4.69) is 0 Å². The zero-order valence-corrected chi connectivity index (χ0v) is 19.3. The summed E-state index contributed by atoms with van der Waals surface area (Å²) >= 11 is 0. The molecule has 2 aromatic rings. The Kier molecular flexibility index (Phi) is 6.21. The van der Waals surface area contributed by atoms with Gasteiger partial charge in [-0.15, -0.1) is 0 Å². The molecule has 32 heavy (non-hydrogen) atoms. The molecule has 1 saturated heterocycles. The lowest BCUT2D eigenvalue weighted by Gasteiger charge is -2.33. The van der Waals surface area contributed by atoms with E-state index < -0.39 is 20.0 Å². The molecule has 2 heterocycles. The van der Waals surface area contributed by atoms with Gasteiger partial charge in [0.2, 0.25) is 20.0 Å². The average Bonchev–Trinajstić information content (AvgIpc) is 2.83. The Hall–Kier alpha value is -2.54. The quantitative estimate of drug-likeness (QED) is 0.601. The summed E-state index contributed by atoms with van der Waals surface area (Å²) in [6, 6.07) is 8.99. The molecular weight excluding hydrogens is 460 g/mol. The molecule has 0 atom stereocenters. The zero-order valence-electron chi connectivity index (χ0n) is 17.7. The van der Waals surface area contributed by atoms with Gasteiger partial charge in [0.15, 0.2) is 11.5 Å². The van der Waals surface area contributed by atoms with E-state index in [0.29, 0.717) is 30.5 Å². The van der Waals surface area contributed by atoms with Crippen molar-refractivity contribution in [3.8, 4) is 23.0 Å². The number of hydrogen-bond acceptors (Lipinski definition) is 8. The Morgan fingerprint density at radius 1 is 0.750 bits per heavy atom. The third-order valence-corrected chi connectivity index (χ3v) is 9.15. The van der Waals surface area contributed by atoms with Crippen molar-refractivity contribution in [1.82, 2.24) is 8.61 Å². The smallest absolute Gasteiger partial charge is 0.246 e. The standard InChI is InChI=1S/C20H24N2O8S2/c1-27-15-3-5-18(28-2)20(13-15)32(25,26)22-9-7-21(8-10-22)31(23,24)16-4-6-17-19(14-16)30-12-11-29-17/h3-6,13-14H,7-12H2,1-2H3. The van der Waals surface area contributed by atoms with Gasteiger partial charge in [0, 0.05) is 38.3 Å². The number of nitrogens with zero attached hydrogens (tertiary/aromatic N) is 2. The SMILES string of the molecule is COc1ccc(OC)c(S(=O)(=O)N2CCN(S(=O)(=O)c3ccc4c(c3)OCCO4)CC2)c1. The first-order valence-corrected chi connectivity index (χ1v) is 12.8. The second kappa shape index (κ2) is 8.77. The topological polar surface area (TPSA) is 112 Å². The second-order valence-corrected chi connectivity index (χ2v) is 11.0. The van der Waals surface area contributed by atoms with Gasteiger partial charge in [0.05, 0.1) is 19.1 Å². The van der Waals surface area contributed by atoms with Crippen molar-refractivity contribution in [2.24, 2.45) is 0 Å². The normalized spacial score (nSPS) is 17.7. The second-order valence-electron chi connectivity index (χ2n) is 7.13. The van der Waals surface area contributed by atoms with E-state index in [1.807, 2.05) is 0 Å². The third kappa shape index (κ3) is 4.10. The minimum Gasteiger partial charge on any atom is -0.497 e. The first kappa shape index (κ1) is 22.6. The summed E-state index contributed by atoms with van der Waals surface area (Å²) in [4.78, 5) is 0.0509. The molecule has 12 heteroatoms. The van der Waals surface area contributed by atoms with E-state index in [1.54, 1.807) is 12.1 Å². The van der Waals surface area contributed by atoms with Crippen LogP contribution in [0.2, 0.25) is 0 Å². The number of piperazine rings is 1. The van der Waals surface area contributed by atoms with Gasteiger partial charge < -0.3 is 18.9 Å². The Morgan fingerprint density at radius 3 is 2.00 bits per heavy atom. The summed E-state index contributed by atoms with van der Waals surface area (Å²) in [5.41, 5.74) is 0. The van der Waals surface area contributed by atoms with Gasteiger partial charge in [0.1, 0.15) is 29.6 Å². The fourth-order valence-corrected chi connectivity index (χ4v) is 6.64. The van der Waals surface area contributed by atoms with Crippen molar-refractivity contribution in [3.05, 3.63) is 36.4 Å². The monoisotopic (exact) mass is 484 g/mol. The highest BCUT2D eigenvalue weighted by Crippen LogP contribution is 2.34. The highest BCUT2D eigenvalue weighted by molar-refractivity contribution is 7.89. The summed E-state index contributed by atoms with van der Waals surface area (Å²) in [6.45, 7) is 0.803. The summed E-state index contributed by atoms with van der Waals surface area (Å²) in [7, 11) is -4.90. The van der Waals surface area contributed by atoms with Crippen LogP contribution in [0.3, 0.4) is 0 Å². The van der Waals surface area contributed by atoms with Gasteiger partial charge >= 0.3 is 0 Å². The van der Waals surface area contributed by atoms with Crippen LogP contribution in [-0.2, 0) is 20.0 Å². The molecule has 0 aliphatic carbocycles. The van der Waals surface area contributed by atoms with Gasteiger partial charge in [-0.2, -0.15) is 8.61 Å². The molecule has 1 fully saturated rings. The maximum Gasteiger partial charge on any atom is 0.246 e. The number of benzene rings is 2. The van der Waals surface area contributed by atoms with Crippen molar-refractivity contribution < 1.29 is 35.8 Å². The summed E-state index contributed by atoms with van der Waals surface area (Å²) in [5, 5.41) is 0. The lowest BCUT2D eigenvalue weighted by molar-refractivity contribution is 0.171. The number of fused-ring (bicyclic) bond motifs is 1. The third-order valence-electron chi connectivity index (χ3n) is 5.34. The molecule has 2 aliphatic rings. The Morgan fingerprint density at radius 2 is 1.38 bits per heavy atom. The lowest BCUT2D eigenvalue weighted by Crippen LogP contribution is -2.50.